The zero-order valence-corrected chi connectivity index (χ0v) is 13.5. The van der Waals surface area contributed by atoms with Crippen molar-refractivity contribution in [2.75, 3.05) is 12.3 Å². The summed E-state index contributed by atoms with van der Waals surface area (Å²) in [6.07, 6.45) is 7.57. The van der Waals surface area contributed by atoms with E-state index in [9.17, 15) is 8.78 Å². The molecule has 1 atom stereocenters. The standard InChI is InChI=1S/C17H25F2NS/c1-2-8-20-17(12-21-16-6-4-3-5-7-16)13-9-14(18)11-15(19)10-13/h9-11,16-17,20H,2-8,12H2,1H3. The Morgan fingerprint density at radius 1 is 1.14 bits per heavy atom. The summed E-state index contributed by atoms with van der Waals surface area (Å²) in [4.78, 5) is 0. The normalized spacial score (nSPS) is 17.9. The van der Waals surface area contributed by atoms with E-state index in [2.05, 4.69) is 12.2 Å². The molecule has 118 valence electrons. The van der Waals surface area contributed by atoms with Crippen molar-refractivity contribution in [3.05, 3.63) is 35.4 Å². The molecule has 0 aliphatic heterocycles. The van der Waals surface area contributed by atoms with E-state index < -0.39 is 11.6 Å². The molecule has 1 fully saturated rings. The molecule has 1 unspecified atom stereocenters. The molecule has 1 aromatic carbocycles. The summed E-state index contributed by atoms with van der Waals surface area (Å²) in [5.41, 5.74) is 0.726. The highest BCUT2D eigenvalue weighted by molar-refractivity contribution is 7.99. The zero-order chi connectivity index (χ0) is 15.1. The fourth-order valence-corrected chi connectivity index (χ4v) is 4.27. The maximum absolute atomic E-state index is 13.4. The van der Waals surface area contributed by atoms with Crippen LogP contribution in [0.15, 0.2) is 18.2 Å². The third kappa shape index (κ3) is 5.59. The number of thioether (sulfide) groups is 1. The van der Waals surface area contributed by atoms with Crippen molar-refractivity contribution in [3.63, 3.8) is 0 Å². The maximum atomic E-state index is 13.4. The Kier molecular flexibility index (Phi) is 6.97. The molecule has 4 heteroatoms. The van der Waals surface area contributed by atoms with E-state index >= 15 is 0 Å². The van der Waals surface area contributed by atoms with Gasteiger partial charge in [-0.3, -0.25) is 0 Å². The Labute approximate surface area is 130 Å². The van der Waals surface area contributed by atoms with Gasteiger partial charge in [0.1, 0.15) is 11.6 Å². The van der Waals surface area contributed by atoms with Gasteiger partial charge in [0, 0.05) is 23.1 Å². The van der Waals surface area contributed by atoms with Crippen molar-refractivity contribution in [2.45, 2.75) is 56.7 Å². The second-order valence-corrected chi connectivity index (χ2v) is 7.14. The lowest BCUT2D eigenvalue weighted by Crippen LogP contribution is -2.25. The number of hydrogen-bond acceptors (Lipinski definition) is 2. The van der Waals surface area contributed by atoms with Crippen molar-refractivity contribution < 1.29 is 8.78 Å². The molecule has 0 spiro atoms. The van der Waals surface area contributed by atoms with Gasteiger partial charge in [-0.1, -0.05) is 26.2 Å². The molecule has 2 rings (SSSR count). The molecular weight excluding hydrogens is 288 g/mol. The van der Waals surface area contributed by atoms with E-state index in [4.69, 9.17) is 0 Å². The summed E-state index contributed by atoms with van der Waals surface area (Å²) in [5.74, 6) is -0.0972. The fourth-order valence-electron chi connectivity index (χ4n) is 2.83. The van der Waals surface area contributed by atoms with Crippen molar-refractivity contribution in [2.24, 2.45) is 0 Å². The number of hydrogen-bond donors (Lipinski definition) is 1. The highest BCUT2D eigenvalue weighted by atomic mass is 32.2. The van der Waals surface area contributed by atoms with Crippen LogP contribution < -0.4 is 5.32 Å². The molecule has 0 bridgehead atoms. The van der Waals surface area contributed by atoms with E-state index in [1.807, 2.05) is 11.8 Å². The molecule has 1 aromatic rings. The van der Waals surface area contributed by atoms with Gasteiger partial charge in [0.15, 0.2) is 0 Å². The molecule has 0 saturated heterocycles. The smallest absolute Gasteiger partial charge is 0.126 e. The molecule has 1 aliphatic carbocycles. The number of halogens is 2. The first-order valence-corrected chi connectivity index (χ1v) is 9.05. The topological polar surface area (TPSA) is 12.0 Å². The average Bonchev–Trinajstić information content (AvgIpc) is 2.47. The van der Waals surface area contributed by atoms with Gasteiger partial charge in [-0.05, 0) is 43.5 Å². The van der Waals surface area contributed by atoms with E-state index in [1.54, 1.807) is 0 Å². The molecule has 0 radical (unpaired) electrons. The summed E-state index contributed by atoms with van der Waals surface area (Å²) >= 11 is 1.96. The molecule has 1 saturated carbocycles. The minimum atomic E-state index is -0.490. The highest BCUT2D eigenvalue weighted by Crippen LogP contribution is 2.31. The van der Waals surface area contributed by atoms with Crippen LogP contribution in [0.5, 0.6) is 0 Å². The van der Waals surface area contributed by atoms with Crippen LogP contribution in [0.2, 0.25) is 0 Å². The summed E-state index contributed by atoms with van der Waals surface area (Å²) < 4.78 is 26.9. The lowest BCUT2D eigenvalue weighted by atomic mass is 10.0. The van der Waals surface area contributed by atoms with Crippen LogP contribution >= 0.6 is 11.8 Å². The van der Waals surface area contributed by atoms with E-state index in [1.165, 1.54) is 44.2 Å². The fraction of sp³-hybridized carbons (Fsp3) is 0.647. The Morgan fingerprint density at radius 3 is 2.43 bits per heavy atom. The van der Waals surface area contributed by atoms with Crippen LogP contribution in [0.3, 0.4) is 0 Å². The van der Waals surface area contributed by atoms with Crippen molar-refractivity contribution in [1.82, 2.24) is 5.32 Å². The minimum Gasteiger partial charge on any atom is -0.309 e. The van der Waals surface area contributed by atoms with E-state index in [0.29, 0.717) is 5.25 Å². The molecule has 1 nitrogen and oxygen atoms in total. The molecular formula is C17H25F2NS. The summed E-state index contributed by atoms with van der Waals surface area (Å²) in [6, 6.07) is 3.88. The molecule has 21 heavy (non-hydrogen) atoms. The number of nitrogens with one attached hydrogen (secondary N) is 1. The Bertz CT molecular complexity index is 413. The lowest BCUT2D eigenvalue weighted by Gasteiger charge is -2.25. The van der Waals surface area contributed by atoms with Gasteiger partial charge in [0.25, 0.3) is 0 Å². The van der Waals surface area contributed by atoms with Gasteiger partial charge < -0.3 is 5.32 Å². The third-order valence-corrected chi connectivity index (χ3v) is 5.45. The first-order valence-electron chi connectivity index (χ1n) is 8.00. The lowest BCUT2D eigenvalue weighted by molar-refractivity contribution is 0.512. The van der Waals surface area contributed by atoms with Gasteiger partial charge >= 0.3 is 0 Å². The van der Waals surface area contributed by atoms with Gasteiger partial charge in [-0.25, -0.2) is 8.78 Å². The van der Waals surface area contributed by atoms with Crippen LogP contribution in [0.1, 0.15) is 57.1 Å². The Hall–Kier alpha value is -0.610. The summed E-state index contributed by atoms with van der Waals surface area (Å²) in [7, 11) is 0. The van der Waals surface area contributed by atoms with Crippen LogP contribution in [0.25, 0.3) is 0 Å². The third-order valence-electron chi connectivity index (χ3n) is 3.98. The Morgan fingerprint density at radius 2 is 1.81 bits per heavy atom. The number of rotatable bonds is 7. The second-order valence-electron chi connectivity index (χ2n) is 5.80. The van der Waals surface area contributed by atoms with Gasteiger partial charge in [-0.2, -0.15) is 11.8 Å². The quantitative estimate of drug-likeness (QED) is 0.754. The van der Waals surface area contributed by atoms with E-state index in [0.717, 1.165) is 30.3 Å². The van der Waals surface area contributed by atoms with Crippen molar-refractivity contribution in [3.8, 4) is 0 Å². The molecule has 1 aliphatic rings. The molecule has 0 amide bonds. The first-order chi connectivity index (χ1) is 10.2. The van der Waals surface area contributed by atoms with Gasteiger partial charge in [-0.15, -0.1) is 0 Å². The van der Waals surface area contributed by atoms with E-state index in [-0.39, 0.29) is 6.04 Å². The van der Waals surface area contributed by atoms with Crippen LogP contribution in [0, 0.1) is 11.6 Å². The zero-order valence-electron chi connectivity index (χ0n) is 12.7. The largest absolute Gasteiger partial charge is 0.309 e. The second kappa shape index (κ2) is 8.74. The molecule has 0 heterocycles. The van der Waals surface area contributed by atoms with Crippen LogP contribution in [-0.4, -0.2) is 17.5 Å². The average molecular weight is 313 g/mol. The maximum Gasteiger partial charge on any atom is 0.126 e. The predicted octanol–water partition coefficient (Wildman–Crippen LogP) is 5.07. The van der Waals surface area contributed by atoms with Crippen LogP contribution in [-0.2, 0) is 0 Å². The van der Waals surface area contributed by atoms with Crippen molar-refractivity contribution >= 4 is 11.8 Å². The monoisotopic (exact) mass is 313 g/mol. The SMILES string of the molecule is CCCNC(CSC1CCCCC1)c1cc(F)cc(F)c1. The first kappa shape index (κ1) is 16.8. The molecule has 1 N–H and O–H groups in total. The van der Waals surface area contributed by atoms with Gasteiger partial charge in [0.2, 0.25) is 0 Å². The Balaban J connectivity index is 1.98. The van der Waals surface area contributed by atoms with Gasteiger partial charge in [0.05, 0.1) is 0 Å². The highest BCUT2D eigenvalue weighted by Gasteiger charge is 2.18. The van der Waals surface area contributed by atoms with Crippen molar-refractivity contribution in [1.29, 1.82) is 0 Å². The predicted molar refractivity (Wildman–Crippen MR) is 86.7 cm³/mol. The summed E-state index contributed by atoms with van der Waals surface area (Å²) in [6.45, 7) is 2.97. The van der Waals surface area contributed by atoms with Crippen LogP contribution in [0.4, 0.5) is 8.78 Å². The molecule has 0 aromatic heterocycles. The summed E-state index contributed by atoms with van der Waals surface area (Å²) in [5, 5.41) is 4.14. The minimum absolute atomic E-state index is 0.0297. The number of benzene rings is 1.